The number of amides is 1. The molecule has 1 amide bonds. The lowest BCUT2D eigenvalue weighted by Gasteiger charge is -2.33. The molecule has 0 aromatic carbocycles. The summed E-state index contributed by atoms with van der Waals surface area (Å²) in [6, 6.07) is 2.26. The largest absolute Gasteiger partial charge is 0.342 e. The summed E-state index contributed by atoms with van der Waals surface area (Å²) < 4.78 is 2.01. The first-order valence-electron chi connectivity index (χ1n) is 9.45. The predicted molar refractivity (Wildman–Crippen MR) is 101 cm³/mol. The number of carbonyl (C=O) groups excluding carboxylic acids is 1. The van der Waals surface area contributed by atoms with Gasteiger partial charge in [-0.05, 0) is 57.7 Å². The van der Waals surface area contributed by atoms with Gasteiger partial charge < -0.3 is 9.80 Å². The second kappa shape index (κ2) is 6.92. The fourth-order valence-electron chi connectivity index (χ4n) is 4.70. The monoisotopic (exact) mass is 366 g/mol. The van der Waals surface area contributed by atoms with Crippen molar-refractivity contribution >= 4 is 18.3 Å². The fraction of sp³-hybridized carbons (Fsp3) is 0.789. The predicted octanol–water partition coefficient (Wildman–Crippen LogP) is 2.80. The maximum Gasteiger partial charge on any atom is 0.226 e. The summed E-state index contributed by atoms with van der Waals surface area (Å²) in [6.45, 7) is 2.75. The Hall–Kier alpha value is -1.07. The van der Waals surface area contributed by atoms with Crippen LogP contribution in [0.3, 0.4) is 0 Å². The van der Waals surface area contributed by atoms with Crippen molar-refractivity contribution in [3.05, 3.63) is 17.5 Å². The van der Waals surface area contributed by atoms with Crippen molar-refractivity contribution in [2.45, 2.75) is 51.0 Å². The van der Waals surface area contributed by atoms with Gasteiger partial charge >= 0.3 is 0 Å². The maximum absolute atomic E-state index is 12.7. The molecule has 0 N–H and O–H groups in total. The first-order valence-corrected chi connectivity index (χ1v) is 9.45. The molecule has 2 saturated carbocycles. The van der Waals surface area contributed by atoms with Crippen LogP contribution in [-0.4, -0.2) is 52.7 Å². The van der Waals surface area contributed by atoms with E-state index >= 15 is 0 Å². The number of piperidine rings is 1. The number of aromatic nitrogens is 2. The number of rotatable bonds is 4. The minimum absolute atomic E-state index is 0. The Balaban J connectivity index is 0.00000182. The van der Waals surface area contributed by atoms with Crippen molar-refractivity contribution in [1.82, 2.24) is 19.6 Å². The van der Waals surface area contributed by atoms with Crippen LogP contribution in [0.2, 0.25) is 0 Å². The maximum atomic E-state index is 12.7. The van der Waals surface area contributed by atoms with Crippen molar-refractivity contribution in [3.63, 3.8) is 0 Å². The van der Waals surface area contributed by atoms with E-state index in [2.05, 4.69) is 30.0 Å². The highest BCUT2D eigenvalue weighted by Crippen LogP contribution is 2.66. The normalized spacial score (nSPS) is 25.0. The van der Waals surface area contributed by atoms with Gasteiger partial charge in [0.05, 0.1) is 11.4 Å². The molecular weight excluding hydrogens is 336 g/mol. The molecule has 140 valence electrons. The lowest BCUT2D eigenvalue weighted by atomic mass is 9.79. The van der Waals surface area contributed by atoms with E-state index in [0.717, 1.165) is 32.5 Å². The molecule has 1 aromatic rings. The van der Waals surface area contributed by atoms with Crippen LogP contribution in [0.5, 0.6) is 0 Å². The summed E-state index contributed by atoms with van der Waals surface area (Å²) in [6.07, 6.45) is 7.21. The average Bonchev–Trinajstić information content (AvgIpc) is 3.20. The van der Waals surface area contributed by atoms with Crippen molar-refractivity contribution in [2.75, 3.05) is 27.2 Å². The fourth-order valence-corrected chi connectivity index (χ4v) is 4.70. The number of hydrogen-bond acceptors (Lipinski definition) is 3. The van der Waals surface area contributed by atoms with Crippen LogP contribution in [0.4, 0.5) is 0 Å². The third-order valence-electron chi connectivity index (χ3n) is 6.54. The topological polar surface area (TPSA) is 41.4 Å². The zero-order valence-electron chi connectivity index (χ0n) is 15.7. The van der Waals surface area contributed by atoms with Gasteiger partial charge in [-0.3, -0.25) is 9.48 Å². The lowest BCUT2D eigenvalue weighted by molar-refractivity contribution is -0.135. The Morgan fingerprint density at radius 1 is 1.32 bits per heavy atom. The molecule has 5 nitrogen and oxygen atoms in total. The van der Waals surface area contributed by atoms with Crippen molar-refractivity contribution in [1.29, 1.82) is 0 Å². The summed E-state index contributed by atoms with van der Waals surface area (Å²) in [5, 5.41) is 4.74. The van der Waals surface area contributed by atoms with Gasteiger partial charge in [0.25, 0.3) is 0 Å². The minimum atomic E-state index is 0. The molecule has 0 radical (unpaired) electrons. The van der Waals surface area contributed by atoms with E-state index in [-0.39, 0.29) is 12.4 Å². The molecule has 2 aliphatic carbocycles. The summed E-state index contributed by atoms with van der Waals surface area (Å²) in [5.41, 5.74) is 2.93. The van der Waals surface area contributed by atoms with Gasteiger partial charge in [0.15, 0.2) is 0 Å². The van der Waals surface area contributed by atoms with E-state index in [1.165, 1.54) is 37.1 Å². The number of hydrogen-bond donors (Lipinski definition) is 0. The minimum Gasteiger partial charge on any atom is -0.342 e. The molecule has 25 heavy (non-hydrogen) atoms. The highest BCUT2D eigenvalue weighted by Gasteiger charge is 2.61. The number of halogens is 1. The first-order chi connectivity index (χ1) is 11.5. The number of nitrogens with zero attached hydrogens (tertiary/aromatic N) is 4. The van der Waals surface area contributed by atoms with Crippen LogP contribution in [-0.2, 0) is 18.4 Å². The molecular formula is C19H31ClN4O. The quantitative estimate of drug-likeness (QED) is 0.822. The van der Waals surface area contributed by atoms with Crippen molar-refractivity contribution in [3.8, 4) is 0 Å². The Kier molecular flexibility index (Phi) is 5.18. The van der Waals surface area contributed by atoms with Crippen molar-refractivity contribution < 1.29 is 4.79 Å². The summed E-state index contributed by atoms with van der Waals surface area (Å²) in [5.74, 6) is 1.32. The van der Waals surface area contributed by atoms with Crippen LogP contribution in [0.15, 0.2) is 6.07 Å². The lowest BCUT2D eigenvalue weighted by Crippen LogP contribution is -2.40. The molecule has 3 fully saturated rings. The Bertz CT molecular complexity index is 629. The zero-order chi connectivity index (χ0) is 16.9. The van der Waals surface area contributed by atoms with Crippen LogP contribution in [0.1, 0.15) is 55.8 Å². The van der Waals surface area contributed by atoms with E-state index in [4.69, 9.17) is 5.10 Å². The summed E-state index contributed by atoms with van der Waals surface area (Å²) in [4.78, 5) is 17.0. The SMILES string of the molecule is CN(C)Cc1cc(C2CCN(C(=O)C3CC34CCC4)CC2)nn1C.Cl. The van der Waals surface area contributed by atoms with Gasteiger partial charge in [-0.2, -0.15) is 5.10 Å². The molecule has 1 aliphatic heterocycles. The molecule has 1 spiro atoms. The smallest absolute Gasteiger partial charge is 0.226 e. The van der Waals surface area contributed by atoms with E-state index in [9.17, 15) is 4.79 Å². The van der Waals surface area contributed by atoms with Crippen LogP contribution < -0.4 is 0 Å². The van der Waals surface area contributed by atoms with Crippen LogP contribution in [0.25, 0.3) is 0 Å². The second-order valence-electron chi connectivity index (χ2n) is 8.49. The van der Waals surface area contributed by atoms with Gasteiger partial charge in [-0.15, -0.1) is 12.4 Å². The van der Waals surface area contributed by atoms with Gasteiger partial charge in [-0.25, -0.2) is 0 Å². The molecule has 2 heterocycles. The molecule has 1 aromatic heterocycles. The molecule has 1 atom stereocenters. The van der Waals surface area contributed by atoms with Gasteiger partial charge in [0, 0.05) is 38.5 Å². The van der Waals surface area contributed by atoms with Gasteiger partial charge in [-0.1, -0.05) is 6.42 Å². The highest BCUT2D eigenvalue weighted by atomic mass is 35.5. The zero-order valence-corrected chi connectivity index (χ0v) is 16.5. The Morgan fingerprint density at radius 2 is 2.00 bits per heavy atom. The third-order valence-corrected chi connectivity index (χ3v) is 6.54. The Labute approximate surface area is 157 Å². The molecule has 3 aliphatic rings. The number of aryl methyl sites for hydroxylation is 1. The van der Waals surface area contributed by atoms with Crippen LogP contribution >= 0.6 is 12.4 Å². The highest BCUT2D eigenvalue weighted by molar-refractivity contribution is 5.85. The Morgan fingerprint density at radius 3 is 2.52 bits per heavy atom. The van der Waals surface area contributed by atoms with E-state index in [1.54, 1.807) is 0 Å². The molecule has 6 heteroatoms. The standard InChI is InChI=1S/C19H30N4O.ClH/c1-21(2)13-15-11-17(20-22(15)3)14-5-9-23(10-6-14)18(24)16-12-19(16)7-4-8-19;/h11,14,16H,4-10,12-13H2,1-3H3;1H. The first kappa shape index (κ1) is 18.7. The summed E-state index contributed by atoms with van der Waals surface area (Å²) in [7, 11) is 6.21. The molecule has 0 bridgehead atoms. The second-order valence-corrected chi connectivity index (χ2v) is 8.49. The van der Waals surface area contributed by atoms with E-state index in [1.807, 2.05) is 11.7 Å². The number of likely N-dealkylation sites (tertiary alicyclic amines) is 1. The molecule has 1 unspecified atom stereocenters. The van der Waals surface area contributed by atoms with E-state index in [0.29, 0.717) is 23.2 Å². The molecule has 1 saturated heterocycles. The van der Waals surface area contributed by atoms with Crippen LogP contribution in [0, 0.1) is 11.3 Å². The van der Waals surface area contributed by atoms with E-state index < -0.39 is 0 Å². The molecule has 4 rings (SSSR count). The third kappa shape index (κ3) is 3.45. The van der Waals surface area contributed by atoms with Crippen molar-refractivity contribution in [2.24, 2.45) is 18.4 Å². The van der Waals surface area contributed by atoms with Gasteiger partial charge in [0.2, 0.25) is 5.91 Å². The van der Waals surface area contributed by atoms with Gasteiger partial charge in [0.1, 0.15) is 0 Å². The summed E-state index contributed by atoms with van der Waals surface area (Å²) >= 11 is 0. The number of carbonyl (C=O) groups is 1. The average molecular weight is 367 g/mol.